The molecule has 0 aromatic carbocycles. The van der Waals surface area contributed by atoms with Gasteiger partial charge in [-0.15, -0.1) is 0 Å². The second kappa shape index (κ2) is 16.2. The average Bonchev–Trinajstić information content (AvgIpc) is 3.23. The maximum absolute atomic E-state index is 12.7. The van der Waals surface area contributed by atoms with Crippen LogP contribution >= 0.6 is 0 Å². The van der Waals surface area contributed by atoms with Crippen LogP contribution in [0.1, 0.15) is 131 Å². The van der Waals surface area contributed by atoms with Crippen molar-refractivity contribution in [3.8, 4) is 0 Å². The van der Waals surface area contributed by atoms with Crippen molar-refractivity contribution in [2.24, 2.45) is 52.3 Å². The second-order valence-corrected chi connectivity index (χ2v) is 16.6. The van der Waals surface area contributed by atoms with Crippen molar-refractivity contribution in [3.05, 3.63) is 11.6 Å². The first-order chi connectivity index (χ1) is 21.0. The van der Waals surface area contributed by atoms with Gasteiger partial charge in [-0.25, -0.2) is 4.79 Å². The molecule has 9 atom stereocenters. The van der Waals surface area contributed by atoms with Crippen molar-refractivity contribution in [2.45, 2.75) is 138 Å². The maximum Gasteiger partial charge on any atom is 0.407 e. The highest BCUT2D eigenvalue weighted by Crippen LogP contribution is 2.67. The minimum Gasteiger partial charge on any atom is -0.446 e. The number of alkyl carbamates (subject to hydrolysis) is 1. The van der Waals surface area contributed by atoms with E-state index >= 15 is 0 Å². The van der Waals surface area contributed by atoms with E-state index in [9.17, 15) is 4.79 Å². The third-order valence-electron chi connectivity index (χ3n) is 13.4. The van der Waals surface area contributed by atoms with E-state index in [0.717, 1.165) is 86.7 Å². The maximum atomic E-state index is 12.7. The molecule has 4 rings (SSSR count). The van der Waals surface area contributed by atoms with Crippen molar-refractivity contribution >= 4 is 6.09 Å². The third kappa shape index (κ3) is 8.44. The number of amides is 1. The number of nitrogens with zero attached hydrogens (tertiary/aromatic N) is 1. The Morgan fingerprint density at radius 2 is 1.80 bits per heavy atom. The minimum atomic E-state index is -0.251. The summed E-state index contributed by atoms with van der Waals surface area (Å²) in [6.07, 6.45) is 19.7. The predicted octanol–water partition coefficient (Wildman–Crippen LogP) is 9.51. The lowest BCUT2D eigenvalue weighted by Gasteiger charge is -2.57. The van der Waals surface area contributed by atoms with Gasteiger partial charge in [0.1, 0.15) is 6.10 Å². The zero-order valence-corrected chi connectivity index (χ0v) is 30.1. The smallest absolute Gasteiger partial charge is 0.407 e. The molecule has 0 unspecified atom stereocenters. The van der Waals surface area contributed by atoms with Crippen molar-refractivity contribution in [1.82, 2.24) is 10.2 Å². The van der Waals surface area contributed by atoms with Gasteiger partial charge in [-0.2, -0.15) is 0 Å². The summed E-state index contributed by atoms with van der Waals surface area (Å²) >= 11 is 0. The Kier molecular flexibility index (Phi) is 13.1. The molecule has 0 bridgehead atoms. The lowest BCUT2D eigenvalue weighted by molar-refractivity contribution is -0.0466. The fourth-order valence-corrected chi connectivity index (χ4v) is 10.8. The molecule has 1 N–H and O–H groups in total. The van der Waals surface area contributed by atoms with E-state index in [1.165, 1.54) is 57.8 Å². The summed E-state index contributed by atoms with van der Waals surface area (Å²) in [5, 5.41) is 2.98. The van der Waals surface area contributed by atoms with Gasteiger partial charge in [0, 0.05) is 26.2 Å². The molecule has 0 aromatic heterocycles. The van der Waals surface area contributed by atoms with E-state index < -0.39 is 0 Å². The van der Waals surface area contributed by atoms with Crippen LogP contribution in [0.25, 0.3) is 0 Å². The van der Waals surface area contributed by atoms with Gasteiger partial charge in [0.25, 0.3) is 0 Å². The summed E-state index contributed by atoms with van der Waals surface area (Å²) in [6.45, 7) is 18.2. The molecular weight excluding hydrogens is 544 g/mol. The zero-order valence-electron chi connectivity index (χ0n) is 30.1. The Hall–Kier alpha value is -1.07. The summed E-state index contributed by atoms with van der Waals surface area (Å²) in [4.78, 5) is 14.9. The molecule has 44 heavy (non-hydrogen) atoms. The summed E-state index contributed by atoms with van der Waals surface area (Å²) < 4.78 is 11.7. The standard InChI is InChI=1S/C39H70N2O3/c1-9-30(28(2)3)15-14-29(4)34-18-19-35-33-17-16-31-27-32(13-10-21-38(31,5)36(33)20-22-39(34,35)6)44-37(42)40-23-11-25-43-26-12-24-41(7)8/h16,28-30,32-36H,9-15,17-27H2,1-8H3,(H,40,42)/t29-,30-,32+,33+,34-,35+,36+,38+,39-/m1/s1. The van der Waals surface area contributed by atoms with E-state index in [-0.39, 0.29) is 17.6 Å². The quantitative estimate of drug-likeness (QED) is 0.147. The largest absolute Gasteiger partial charge is 0.446 e. The van der Waals surface area contributed by atoms with Gasteiger partial charge >= 0.3 is 6.09 Å². The Labute approximate surface area is 272 Å². The Balaban J connectivity index is 1.28. The molecule has 5 nitrogen and oxygen atoms in total. The number of nitrogens with one attached hydrogen (secondary N) is 1. The molecular formula is C39H70N2O3. The summed E-state index contributed by atoms with van der Waals surface area (Å²) in [7, 11) is 4.16. The summed E-state index contributed by atoms with van der Waals surface area (Å²) in [5.41, 5.74) is 2.40. The monoisotopic (exact) mass is 615 g/mol. The summed E-state index contributed by atoms with van der Waals surface area (Å²) in [5.74, 6) is 5.96. The molecule has 254 valence electrons. The second-order valence-electron chi connectivity index (χ2n) is 16.6. The lowest BCUT2D eigenvalue weighted by atomic mass is 9.48. The van der Waals surface area contributed by atoms with Gasteiger partial charge in [0.15, 0.2) is 0 Å². The molecule has 0 spiro atoms. The fraction of sp³-hybridized carbons (Fsp3) is 0.923. The summed E-state index contributed by atoms with van der Waals surface area (Å²) in [6, 6.07) is 0. The van der Waals surface area contributed by atoms with Crippen LogP contribution in [0.2, 0.25) is 0 Å². The number of allylic oxidation sites excluding steroid dienone is 1. The Morgan fingerprint density at radius 3 is 2.52 bits per heavy atom. The lowest BCUT2D eigenvalue weighted by Crippen LogP contribution is -2.49. The van der Waals surface area contributed by atoms with Gasteiger partial charge in [0.05, 0.1) is 0 Å². The minimum absolute atomic E-state index is 0.00487. The van der Waals surface area contributed by atoms with Crippen molar-refractivity contribution in [3.63, 3.8) is 0 Å². The topological polar surface area (TPSA) is 50.8 Å². The molecule has 0 aliphatic heterocycles. The molecule has 0 saturated heterocycles. The number of carbonyl (C=O) groups is 1. The molecule has 1 amide bonds. The fourth-order valence-electron chi connectivity index (χ4n) is 10.8. The predicted molar refractivity (Wildman–Crippen MR) is 184 cm³/mol. The van der Waals surface area contributed by atoms with E-state index in [1.807, 2.05) is 0 Å². The Bertz CT molecular complexity index is 932. The average molecular weight is 615 g/mol. The highest BCUT2D eigenvalue weighted by Gasteiger charge is 2.58. The number of fused-ring (bicyclic) bond motifs is 5. The van der Waals surface area contributed by atoms with Crippen molar-refractivity contribution in [1.29, 1.82) is 0 Å². The molecule has 0 heterocycles. The number of hydrogen-bond donors (Lipinski definition) is 1. The van der Waals surface area contributed by atoms with Gasteiger partial charge in [-0.3, -0.25) is 0 Å². The molecule has 0 aromatic rings. The normalized spacial score (nSPS) is 34.9. The highest BCUT2D eigenvalue weighted by molar-refractivity contribution is 5.67. The first-order valence-electron chi connectivity index (χ1n) is 18.9. The Morgan fingerprint density at radius 1 is 1.02 bits per heavy atom. The molecule has 4 aliphatic carbocycles. The van der Waals surface area contributed by atoms with Crippen LogP contribution in [0, 0.1) is 52.3 Å². The number of ether oxygens (including phenoxy) is 2. The molecule has 3 saturated carbocycles. The first-order valence-corrected chi connectivity index (χ1v) is 18.9. The van der Waals surface area contributed by atoms with Crippen molar-refractivity contribution < 1.29 is 14.3 Å². The van der Waals surface area contributed by atoms with Gasteiger partial charge < -0.3 is 19.7 Å². The van der Waals surface area contributed by atoms with E-state index in [4.69, 9.17) is 9.47 Å². The van der Waals surface area contributed by atoms with Crippen LogP contribution < -0.4 is 5.32 Å². The SMILES string of the molecule is CC[C@H](CC[C@@H](C)[C@H]1CC[C@H]2[C@@H]3CC=C4C[C@@H](OC(=O)NCCCOCCCN(C)C)CCC[C@]4(C)[C@H]3CC[C@]12C)C(C)C. The van der Waals surface area contributed by atoms with Crippen LogP contribution in [0.15, 0.2) is 11.6 Å². The van der Waals surface area contributed by atoms with Crippen LogP contribution in [-0.4, -0.2) is 57.5 Å². The van der Waals surface area contributed by atoms with E-state index in [0.29, 0.717) is 18.6 Å². The van der Waals surface area contributed by atoms with Crippen LogP contribution in [-0.2, 0) is 9.47 Å². The van der Waals surface area contributed by atoms with Crippen LogP contribution in [0.5, 0.6) is 0 Å². The molecule has 4 aliphatic rings. The first kappa shape index (κ1) is 35.8. The van der Waals surface area contributed by atoms with Gasteiger partial charge in [-0.05, 0) is 144 Å². The number of hydrogen-bond acceptors (Lipinski definition) is 4. The highest BCUT2D eigenvalue weighted by atomic mass is 16.6. The van der Waals surface area contributed by atoms with Crippen LogP contribution in [0.4, 0.5) is 4.79 Å². The molecule has 0 radical (unpaired) electrons. The number of rotatable bonds is 15. The van der Waals surface area contributed by atoms with E-state index in [2.05, 4.69) is 71.9 Å². The van der Waals surface area contributed by atoms with Gasteiger partial charge in [-0.1, -0.05) is 66.0 Å². The molecule has 5 heteroatoms. The van der Waals surface area contributed by atoms with Crippen LogP contribution in [0.3, 0.4) is 0 Å². The van der Waals surface area contributed by atoms with E-state index in [1.54, 1.807) is 5.57 Å². The molecule has 3 fully saturated rings. The third-order valence-corrected chi connectivity index (χ3v) is 13.4. The van der Waals surface area contributed by atoms with Crippen molar-refractivity contribution in [2.75, 3.05) is 40.4 Å². The number of carbonyl (C=O) groups excluding carboxylic acids is 1. The van der Waals surface area contributed by atoms with Gasteiger partial charge in [0.2, 0.25) is 0 Å². The zero-order chi connectivity index (χ0) is 31.9.